The Balaban J connectivity index is 1.89. The van der Waals surface area contributed by atoms with Crippen LogP contribution in [0.3, 0.4) is 0 Å². The number of nitrogens with zero attached hydrogens (tertiary/aromatic N) is 1. The largest absolute Gasteiger partial charge is 0.354 e. The van der Waals surface area contributed by atoms with Gasteiger partial charge in [-0.05, 0) is 64.0 Å². The predicted octanol–water partition coefficient (Wildman–Crippen LogP) is 2.10. The van der Waals surface area contributed by atoms with E-state index in [1.807, 2.05) is 0 Å². The highest BCUT2D eigenvalue weighted by Gasteiger charge is 2.19. The summed E-state index contributed by atoms with van der Waals surface area (Å²) in [4.78, 5) is 14.4. The number of hydrogen-bond acceptors (Lipinski definition) is 3. The summed E-state index contributed by atoms with van der Waals surface area (Å²) in [6.45, 7) is 4.88. The van der Waals surface area contributed by atoms with Crippen molar-refractivity contribution in [3.05, 3.63) is 35.4 Å². The van der Waals surface area contributed by atoms with Gasteiger partial charge in [-0.15, -0.1) is 0 Å². The minimum atomic E-state index is 0.187. The number of nitrogens with one attached hydrogen (secondary N) is 2. The van der Waals surface area contributed by atoms with Gasteiger partial charge in [0.1, 0.15) is 0 Å². The summed E-state index contributed by atoms with van der Waals surface area (Å²) in [5.74, 6) is 0.727. The van der Waals surface area contributed by atoms with Crippen LogP contribution in [0.15, 0.2) is 24.3 Å². The van der Waals surface area contributed by atoms with E-state index in [4.69, 9.17) is 0 Å². The molecule has 2 N–H and O–H groups in total. The van der Waals surface area contributed by atoms with E-state index in [0.717, 1.165) is 25.9 Å². The quantitative estimate of drug-likeness (QED) is 0.846. The van der Waals surface area contributed by atoms with Crippen LogP contribution in [-0.2, 0) is 4.79 Å². The fraction of sp³-hybridized carbons (Fsp3) is 0.611. The third-order valence-corrected chi connectivity index (χ3v) is 4.60. The van der Waals surface area contributed by atoms with Gasteiger partial charge in [-0.2, -0.15) is 0 Å². The number of aryl methyl sites for hydroxylation is 1. The molecule has 1 aromatic rings. The first kappa shape index (κ1) is 17.0. The Bertz CT molecular complexity index is 481. The van der Waals surface area contributed by atoms with Crippen LogP contribution in [0.5, 0.6) is 0 Å². The topological polar surface area (TPSA) is 44.4 Å². The molecule has 122 valence electrons. The maximum atomic E-state index is 12.2. The van der Waals surface area contributed by atoms with Crippen molar-refractivity contribution in [3.8, 4) is 0 Å². The molecule has 4 nitrogen and oxygen atoms in total. The van der Waals surface area contributed by atoms with Crippen molar-refractivity contribution in [2.24, 2.45) is 5.92 Å². The molecule has 0 unspecified atom stereocenters. The van der Waals surface area contributed by atoms with Crippen LogP contribution in [0.1, 0.15) is 36.4 Å². The Morgan fingerprint density at radius 3 is 2.64 bits per heavy atom. The van der Waals surface area contributed by atoms with Crippen molar-refractivity contribution in [1.82, 2.24) is 15.5 Å². The Morgan fingerprint density at radius 2 is 2.00 bits per heavy atom. The lowest BCUT2D eigenvalue weighted by atomic mass is 9.94. The summed E-state index contributed by atoms with van der Waals surface area (Å²) in [5.41, 5.74) is 2.56. The minimum Gasteiger partial charge on any atom is -0.354 e. The van der Waals surface area contributed by atoms with E-state index in [9.17, 15) is 4.79 Å². The van der Waals surface area contributed by atoms with Crippen molar-refractivity contribution in [2.45, 2.75) is 32.2 Å². The molecule has 1 saturated heterocycles. The molecule has 0 bridgehead atoms. The molecule has 0 spiro atoms. The number of benzene rings is 1. The molecular formula is C18H29N3O. The highest BCUT2D eigenvalue weighted by atomic mass is 16.1. The van der Waals surface area contributed by atoms with Gasteiger partial charge in [0.05, 0.1) is 6.04 Å². The monoisotopic (exact) mass is 303 g/mol. The summed E-state index contributed by atoms with van der Waals surface area (Å²) in [6.07, 6.45) is 2.89. The molecule has 2 rings (SSSR count). The van der Waals surface area contributed by atoms with E-state index in [-0.39, 0.29) is 11.9 Å². The van der Waals surface area contributed by atoms with E-state index in [0.29, 0.717) is 18.9 Å². The smallest absolute Gasteiger partial charge is 0.220 e. The maximum absolute atomic E-state index is 12.2. The lowest BCUT2D eigenvalue weighted by Crippen LogP contribution is -2.37. The van der Waals surface area contributed by atoms with Crippen molar-refractivity contribution < 1.29 is 4.79 Å². The van der Waals surface area contributed by atoms with Gasteiger partial charge in [-0.25, -0.2) is 0 Å². The molecule has 1 amide bonds. The molecule has 22 heavy (non-hydrogen) atoms. The zero-order valence-electron chi connectivity index (χ0n) is 14.1. The van der Waals surface area contributed by atoms with E-state index in [1.54, 1.807) is 0 Å². The van der Waals surface area contributed by atoms with Crippen molar-refractivity contribution in [2.75, 3.05) is 33.7 Å². The average molecular weight is 303 g/mol. The van der Waals surface area contributed by atoms with Gasteiger partial charge in [0, 0.05) is 13.0 Å². The SMILES string of the molecule is Cc1ccccc1[C@@H](CNC(=O)CC1CCNCC1)N(C)C. The lowest BCUT2D eigenvalue weighted by molar-refractivity contribution is -0.122. The molecule has 1 atom stereocenters. The number of piperidine rings is 1. The lowest BCUT2D eigenvalue weighted by Gasteiger charge is -2.27. The Hall–Kier alpha value is -1.39. The first-order chi connectivity index (χ1) is 10.6. The van der Waals surface area contributed by atoms with Gasteiger partial charge in [0.15, 0.2) is 0 Å². The van der Waals surface area contributed by atoms with Crippen molar-refractivity contribution in [1.29, 1.82) is 0 Å². The number of carbonyl (C=O) groups is 1. The summed E-state index contributed by atoms with van der Waals surface area (Å²) in [6, 6.07) is 8.62. The standard InChI is InChI=1S/C18H29N3O/c1-14-6-4-5-7-16(14)17(21(2)3)13-20-18(22)12-15-8-10-19-11-9-15/h4-7,15,17,19H,8-13H2,1-3H3,(H,20,22)/t17-/m1/s1. The number of likely N-dealkylation sites (N-methyl/N-ethyl adjacent to an activating group) is 1. The van der Waals surface area contributed by atoms with Crippen LogP contribution >= 0.6 is 0 Å². The van der Waals surface area contributed by atoms with Gasteiger partial charge in [0.25, 0.3) is 0 Å². The van der Waals surface area contributed by atoms with Crippen LogP contribution in [0.4, 0.5) is 0 Å². The number of hydrogen-bond donors (Lipinski definition) is 2. The molecule has 0 radical (unpaired) electrons. The Morgan fingerprint density at radius 1 is 1.32 bits per heavy atom. The van der Waals surface area contributed by atoms with E-state index < -0.39 is 0 Å². The highest BCUT2D eigenvalue weighted by Crippen LogP contribution is 2.21. The Labute approximate surface area is 134 Å². The van der Waals surface area contributed by atoms with Crippen LogP contribution in [0.25, 0.3) is 0 Å². The van der Waals surface area contributed by atoms with Gasteiger partial charge in [-0.1, -0.05) is 24.3 Å². The first-order valence-electron chi connectivity index (χ1n) is 8.27. The van der Waals surface area contributed by atoms with E-state index >= 15 is 0 Å². The third-order valence-electron chi connectivity index (χ3n) is 4.60. The number of carbonyl (C=O) groups excluding carboxylic acids is 1. The molecule has 0 aromatic heterocycles. The number of amides is 1. The van der Waals surface area contributed by atoms with Gasteiger partial charge in [-0.3, -0.25) is 4.79 Å². The van der Waals surface area contributed by atoms with Gasteiger partial charge < -0.3 is 15.5 Å². The molecule has 1 aliphatic rings. The zero-order chi connectivity index (χ0) is 15.9. The van der Waals surface area contributed by atoms with E-state index in [1.165, 1.54) is 11.1 Å². The van der Waals surface area contributed by atoms with Gasteiger partial charge in [0.2, 0.25) is 5.91 Å². The third kappa shape index (κ3) is 4.82. The second-order valence-electron chi connectivity index (χ2n) is 6.54. The minimum absolute atomic E-state index is 0.187. The van der Waals surface area contributed by atoms with Crippen LogP contribution in [0, 0.1) is 12.8 Å². The predicted molar refractivity (Wildman–Crippen MR) is 90.8 cm³/mol. The molecule has 0 aliphatic carbocycles. The summed E-state index contributed by atoms with van der Waals surface area (Å²) >= 11 is 0. The van der Waals surface area contributed by atoms with Crippen molar-refractivity contribution >= 4 is 5.91 Å². The fourth-order valence-corrected chi connectivity index (χ4v) is 3.16. The van der Waals surface area contributed by atoms with Gasteiger partial charge >= 0.3 is 0 Å². The summed E-state index contributed by atoms with van der Waals surface area (Å²) in [5, 5.41) is 6.48. The molecular weight excluding hydrogens is 274 g/mol. The number of rotatable bonds is 6. The Kier molecular flexibility index (Phi) is 6.40. The summed E-state index contributed by atoms with van der Waals surface area (Å²) in [7, 11) is 4.13. The molecule has 1 aliphatic heterocycles. The molecule has 1 fully saturated rings. The zero-order valence-corrected chi connectivity index (χ0v) is 14.1. The van der Waals surface area contributed by atoms with Crippen LogP contribution in [0.2, 0.25) is 0 Å². The normalized spacial score (nSPS) is 17.5. The maximum Gasteiger partial charge on any atom is 0.220 e. The highest BCUT2D eigenvalue weighted by molar-refractivity contribution is 5.76. The van der Waals surface area contributed by atoms with Crippen LogP contribution in [-0.4, -0.2) is 44.5 Å². The van der Waals surface area contributed by atoms with E-state index in [2.05, 4.69) is 60.8 Å². The molecule has 0 saturated carbocycles. The molecule has 1 aromatic carbocycles. The average Bonchev–Trinajstić information content (AvgIpc) is 2.50. The molecule has 1 heterocycles. The van der Waals surface area contributed by atoms with Crippen molar-refractivity contribution in [3.63, 3.8) is 0 Å². The second kappa shape index (κ2) is 8.30. The summed E-state index contributed by atoms with van der Waals surface area (Å²) < 4.78 is 0. The second-order valence-corrected chi connectivity index (χ2v) is 6.54. The first-order valence-corrected chi connectivity index (χ1v) is 8.27. The molecule has 4 heteroatoms. The fourth-order valence-electron chi connectivity index (χ4n) is 3.16. The van der Waals surface area contributed by atoms with Crippen LogP contribution < -0.4 is 10.6 Å².